The molecular formula is C29H36O6. The third kappa shape index (κ3) is 13.1. The van der Waals surface area contributed by atoms with Gasteiger partial charge in [0.15, 0.2) is 0 Å². The smallest absolute Gasteiger partial charge is 0.303 e. The molecule has 6 heteroatoms. The lowest BCUT2D eigenvalue weighted by atomic mass is 10.1. The Balaban J connectivity index is 0.000000251. The molecule has 0 aromatic heterocycles. The molecule has 0 bridgehead atoms. The molecule has 0 amide bonds. The largest absolute Gasteiger partial charge is 0.494 e. The Labute approximate surface area is 207 Å². The van der Waals surface area contributed by atoms with Crippen molar-refractivity contribution in [3.63, 3.8) is 0 Å². The normalized spacial score (nSPS) is 10.3. The first kappa shape index (κ1) is 27.7. The molecule has 3 rings (SSSR count). The first-order chi connectivity index (χ1) is 17.0. The number of fused-ring (bicyclic) bond motifs is 1. The van der Waals surface area contributed by atoms with Crippen LogP contribution in [-0.4, -0.2) is 35.4 Å². The van der Waals surface area contributed by atoms with Crippen LogP contribution in [0.5, 0.6) is 11.5 Å². The Bertz CT molecular complexity index is 1000. The summed E-state index contributed by atoms with van der Waals surface area (Å²) in [4.78, 5) is 20.6. The van der Waals surface area contributed by atoms with Crippen LogP contribution in [0.15, 0.2) is 72.8 Å². The summed E-state index contributed by atoms with van der Waals surface area (Å²) in [6.07, 6.45) is 6.76. The lowest BCUT2D eigenvalue weighted by Crippen LogP contribution is -1.99. The second-order valence-electron chi connectivity index (χ2n) is 8.28. The van der Waals surface area contributed by atoms with E-state index in [-0.39, 0.29) is 12.8 Å². The van der Waals surface area contributed by atoms with Gasteiger partial charge in [-0.15, -0.1) is 0 Å². The fraction of sp³-hybridized carbons (Fsp3) is 0.379. The molecule has 188 valence electrons. The van der Waals surface area contributed by atoms with E-state index in [1.54, 1.807) is 0 Å². The molecule has 0 saturated heterocycles. The number of unbranched alkanes of at least 4 members (excludes halogenated alkanes) is 5. The van der Waals surface area contributed by atoms with Crippen molar-refractivity contribution < 1.29 is 29.3 Å². The Hall–Kier alpha value is -3.54. The van der Waals surface area contributed by atoms with Gasteiger partial charge in [0.1, 0.15) is 11.5 Å². The highest BCUT2D eigenvalue weighted by Crippen LogP contribution is 2.20. The van der Waals surface area contributed by atoms with Gasteiger partial charge >= 0.3 is 11.9 Å². The van der Waals surface area contributed by atoms with Crippen molar-refractivity contribution in [2.75, 3.05) is 13.2 Å². The predicted octanol–water partition coefficient (Wildman–Crippen LogP) is 6.96. The molecule has 3 aromatic rings. The number of carbonyl (C=O) groups is 2. The van der Waals surface area contributed by atoms with E-state index in [9.17, 15) is 9.59 Å². The fourth-order valence-electron chi connectivity index (χ4n) is 3.44. The number of para-hydroxylation sites is 1. The fourth-order valence-corrected chi connectivity index (χ4v) is 3.44. The van der Waals surface area contributed by atoms with Crippen molar-refractivity contribution in [3.8, 4) is 11.5 Å². The highest BCUT2D eigenvalue weighted by atomic mass is 16.5. The monoisotopic (exact) mass is 480 g/mol. The van der Waals surface area contributed by atoms with Crippen LogP contribution < -0.4 is 9.47 Å². The maximum atomic E-state index is 10.3. The highest BCUT2D eigenvalue weighted by molar-refractivity contribution is 5.83. The summed E-state index contributed by atoms with van der Waals surface area (Å²) in [7, 11) is 0. The third-order valence-electron chi connectivity index (χ3n) is 5.32. The van der Waals surface area contributed by atoms with Crippen molar-refractivity contribution in [2.45, 2.75) is 57.8 Å². The van der Waals surface area contributed by atoms with Gasteiger partial charge < -0.3 is 19.7 Å². The van der Waals surface area contributed by atoms with Crippen LogP contribution in [0.4, 0.5) is 0 Å². The number of carboxylic acids is 2. The minimum absolute atomic E-state index is 0.246. The lowest BCUT2D eigenvalue weighted by molar-refractivity contribution is -0.138. The van der Waals surface area contributed by atoms with Crippen molar-refractivity contribution >= 4 is 22.7 Å². The molecule has 0 unspecified atom stereocenters. The zero-order valence-electron chi connectivity index (χ0n) is 20.2. The molecule has 3 aromatic carbocycles. The topological polar surface area (TPSA) is 93.1 Å². The molecule has 0 aliphatic rings. The average molecular weight is 481 g/mol. The lowest BCUT2D eigenvalue weighted by Gasteiger charge is -2.07. The molecule has 0 aliphatic carbocycles. The molecule has 0 saturated carbocycles. The Morgan fingerprint density at radius 3 is 1.69 bits per heavy atom. The van der Waals surface area contributed by atoms with Crippen LogP contribution in [-0.2, 0) is 9.59 Å². The molecular weight excluding hydrogens is 444 g/mol. The van der Waals surface area contributed by atoms with Crippen LogP contribution in [0, 0.1) is 0 Å². The zero-order chi connectivity index (χ0) is 25.1. The number of rotatable bonds is 15. The Kier molecular flexibility index (Phi) is 13.4. The number of aliphatic carboxylic acids is 2. The number of carboxylic acid groups (broad SMARTS) is 2. The predicted molar refractivity (Wildman–Crippen MR) is 138 cm³/mol. The summed E-state index contributed by atoms with van der Waals surface area (Å²) in [5, 5.41) is 19.3. The Morgan fingerprint density at radius 1 is 0.543 bits per heavy atom. The second-order valence-corrected chi connectivity index (χ2v) is 8.28. The summed E-state index contributed by atoms with van der Waals surface area (Å²) >= 11 is 0. The third-order valence-corrected chi connectivity index (χ3v) is 5.32. The molecule has 0 radical (unpaired) electrons. The van der Waals surface area contributed by atoms with Crippen molar-refractivity contribution in [2.24, 2.45) is 0 Å². The summed E-state index contributed by atoms with van der Waals surface area (Å²) in [6, 6.07) is 23.9. The van der Waals surface area contributed by atoms with Crippen molar-refractivity contribution in [1.82, 2.24) is 0 Å². The molecule has 0 heterocycles. The highest BCUT2D eigenvalue weighted by Gasteiger charge is 1.99. The van der Waals surface area contributed by atoms with Gasteiger partial charge in [0.25, 0.3) is 0 Å². The molecule has 0 atom stereocenters. The average Bonchev–Trinajstić information content (AvgIpc) is 2.86. The molecule has 2 N–H and O–H groups in total. The number of hydrogen-bond donors (Lipinski definition) is 2. The maximum absolute atomic E-state index is 10.3. The maximum Gasteiger partial charge on any atom is 0.303 e. The SMILES string of the molecule is O=C(O)CCCCCCOc1ccccc1.O=C(O)CCCCCOc1ccc2ccccc2c1. The minimum atomic E-state index is -0.726. The van der Waals surface area contributed by atoms with Crippen LogP contribution >= 0.6 is 0 Å². The summed E-state index contributed by atoms with van der Waals surface area (Å²) in [5.41, 5.74) is 0. The second kappa shape index (κ2) is 17.0. The quantitative estimate of drug-likeness (QED) is 0.228. The van der Waals surface area contributed by atoms with Gasteiger partial charge in [-0.05, 0) is 67.1 Å². The zero-order valence-corrected chi connectivity index (χ0v) is 20.2. The van der Waals surface area contributed by atoms with Gasteiger partial charge in [-0.3, -0.25) is 9.59 Å². The van der Waals surface area contributed by atoms with Gasteiger partial charge in [-0.2, -0.15) is 0 Å². The molecule has 0 fully saturated rings. The minimum Gasteiger partial charge on any atom is -0.494 e. The van der Waals surface area contributed by atoms with E-state index in [2.05, 4.69) is 18.2 Å². The standard InChI is InChI=1S/C16H18O3.C13H18O3/c17-16(18)8-2-1-5-11-19-15-10-9-13-6-3-4-7-14(13)12-15;14-13(15)10-6-1-2-7-11-16-12-8-4-3-5-9-12/h3-4,6-7,9-10,12H,1-2,5,8,11H2,(H,17,18);3-5,8-9H,1-2,6-7,10-11H2,(H,14,15). The van der Waals surface area contributed by atoms with E-state index in [1.807, 2.05) is 54.6 Å². The van der Waals surface area contributed by atoms with Gasteiger partial charge in [0, 0.05) is 12.8 Å². The van der Waals surface area contributed by atoms with Crippen LogP contribution in [0.25, 0.3) is 10.8 Å². The van der Waals surface area contributed by atoms with E-state index >= 15 is 0 Å². The molecule has 6 nitrogen and oxygen atoms in total. The molecule has 35 heavy (non-hydrogen) atoms. The first-order valence-electron chi connectivity index (χ1n) is 12.3. The van der Waals surface area contributed by atoms with E-state index in [1.165, 1.54) is 10.8 Å². The van der Waals surface area contributed by atoms with E-state index in [0.717, 1.165) is 56.4 Å². The van der Waals surface area contributed by atoms with Crippen LogP contribution in [0.1, 0.15) is 57.8 Å². The van der Waals surface area contributed by atoms with Crippen molar-refractivity contribution in [3.05, 3.63) is 72.8 Å². The van der Waals surface area contributed by atoms with Gasteiger partial charge in [-0.1, -0.05) is 61.4 Å². The number of hydrogen-bond acceptors (Lipinski definition) is 4. The van der Waals surface area contributed by atoms with E-state index < -0.39 is 11.9 Å². The Morgan fingerprint density at radius 2 is 1.06 bits per heavy atom. The summed E-state index contributed by atoms with van der Waals surface area (Å²) < 4.78 is 11.2. The number of benzene rings is 3. The van der Waals surface area contributed by atoms with Crippen molar-refractivity contribution in [1.29, 1.82) is 0 Å². The van der Waals surface area contributed by atoms with Gasteiger partial charge in [-0.25, -0.2) is 0 Å². The van der Waals surface area contributed by atoms with Crippen LogP contribution in [0.3, 0.4) is 0 Å². The summed E-state index contributed by atoms with van der Waals surface area (Å²) in [5.74, 6) is 0.334. The van der Waals surface area contributed by atoms with E-state index in [4.69, 9.17) is 19.7 Å². The van der Waals surface area contributed by atoms with Crippen LogP contribution in [0.2, 0.25) is 0 Å². The first-order valence-corrected chi connectivity index (χ1v) is 12.3. The molecule has 0 aliphatic heterocycles. The van der Waals surface area contributed by atoms with E-state index in [0.29, 0.717) is 13.2 Å². The van der Waals surface area contributed by atoms with Gasteiger partial charge in [0.2, 0.25) is 0 Å². The van der Waals surface area contributed by atoms with Gasteiger partial charge in [0.05, 0.1) is 13.2 Å². The summed E-state index contributed by atoms with van der Waals surface area (Å²) in [6.45, 7) is 1.34. The number of ether oxygens (including phenoxy) is 2. The molecule has 0 spiro atoms.